The average Bonchev–Trinajstić information content (AvgIpc) is 3.44. The maximum absolute atomic E-state index is 12.4. The molecule has 3 rings (SSSR count). The molecule has 2 N–H and O–H groups in total. The van der Waals surface area contributed by atoms with E-state index >= 15 is 0 Å². The second-order valence-corrected chi connectivity index (χ2v) is 9.81. The zero-order valence-corrected chi connectivity index (χ0v) is 18.6. The molecule has 2 heterocycles. The van der Waals surface area contributed by atoms with Gasteiger partial charge in [0.05, 0.1) is 0 Å². The molecule has 0 aliphatic heterocycles. The van der Waals surface area contributed by atoms with Gasteiger partial charge in [0.2, 0.25) is 10.0 Å². The highest BCUT2D eigenvalue weighted by Gasteiger charge is 2.23. The lowest BCUT2D eigenvalue weighted by atomic mass is 10.2. The molecular weight excluding hydrogens is 412 g/mol. The highest BCUT2D eigenvalue weighted by atomic mass is 32.2. The molecule has 0 bridgehead atoms. The molecule has 29 heavy (non-hydrogen) atoms. The Morgan fingerprint density at radius 2 is 2.03 bits per heavy atom. The van der Waals surface area contributed by atoms with Crippen LogP contribution in [0.3, 0.4) is 0 Å². The summed E-state index contributed by atoms with van der Waals surface area (Å²) in [6, 6.07) is 1.86. The van der Waals surface area contributed by atoms with Crippen LogP contribution in [0.15, 0.2) is 22.3 Å². The van der Waals surface area contributed by atoms with Crippen LogP contribution < -0.4 is 10.0 Å². The van der Waals surface area contributed by atoms with Crippen molar-refractivity contribution in [2.75, 3.05) is 19.8 Å². The molecule has 0 saturated heterocycles. The van der Waals surface area contributed by atoms with Crippen molar-refractivity contribution < 1.29 is 13.2 Å². The van der Waals surface area contributed by atoms with Gasteiger partial charge in [0.1, 0.15) is 16.4 Å². The number of rotatable bonds is 9. The monoisotopic (exact) mass is 440 g/mol. The van der Waals surface area contributed by atoms with E-state index in [0.717, 1.165) is 23.8 Å². The first-order valence-electron chi connectivity index (χ1n) is 9.73. The molecule has 0 atom stereocenters. The van der Waals surface area contributed by atoms with Gasteiger partial charge < -0.3 is 14.5 Å². The molecule has 0 radical (unpaired) electrons. The van der Waals surface area contributed by atoms with Gasteiger partial charge in [0.15, 0.2) is 5.16 Å². The van der Waals surface area contributed by atoms with Crippen LogP contribution in [0.1, 0.15) is 54.5 Å². The molecule has 11 heteroatoms. The van der Waals surface area contributed by atoms with Gasteiger partial charge in [-0.25, -0.2) is 13.1 Å². The number of hydrogen-bond acceptors (Lipinski definition) is 6. The summed E-state index contributed by atoms with van der Waals surface area (Å²) in [5, 5.41) is 12.5. The van der Waals surface area contributed by atoms with Crippen LogP contribution in [0.5, 0.6) is 0 Å². The first-order chi connectivity index (χ1) is 13.9. The number of carbonyl (C=O) groups excluding carboxylic acids is 1. The van der Waals surface area contributed by atoms with Crippen LogP contribution in [-0.2, 0) is 23.5 Å². The fourth-order valence-electron chi connectivity index (χ4n) is 3.71. The van der Waals surface area contributed by atoms with Crippen molar-refractivity contribution in [3.63, 3.8) is 0 Å². The van der Waals surface area contributed by atoms with Gasteiger partial charge in [0, 0.05) is 32.3 Å². The topological polar surface area (TPSA) is 111 Å². The number of nitrogens with zero attached hydrogens (tertiary/aromatic N) is 4. The first-order valence-corrected chi connectivity index (χ1v) is 12.4. The minimum Gasteiger partial charge on any atom is -0.351 e. The molecule has 1 aliphatic rings. The van der Waals surface area contributed by atoms with Crippen molar-refractivity contribution in [3.8, 4) is 0 Å². The Morgan fingerprint density at radius 1 is 1.31 bits per heavy atom. The Bertz CT molecular complexity index is 960. The number of aryl methyl sites for hydroxylation is 2. The van der Waals surface area contributed by atoms with Gasteiger partial charge in [-0.3, -0.25) is 4.79 Å². The summed E-state index contributed by atoms with van der Waals surface area (Å²) in [4.78, 5) is 12.5. The Morgan fingerprint density at radius 3 is 2.69 bits per heavy atom. The summed E-state index contributed by atoms with van der Waals surface area (Å²) in [5.74, 6) is 0.670. The van der Waals surface area contributed by atoms with Crippen molar-refractivity contribution in [2.45, 2.75) is 54.6 Å². The van der Waals surface area contributed by atoms with Crippen LogP contribution >= 0.6 is 11.8 Å². The smallest absolute Gasteiger partial charge is 0.267 e. The van der Waals surface area contributed by atoms with E-state index < -0.39 is 10.0 Å². The van der Waals surface area contributed by atoms with E-state index in [9.17, 15) is 13.2 Å². The summed E-state index contributed by atoms with van der Waals surface area (Å²) in [6.07, 6.45) is 9.73. The maximum atomic E-state index is 12.4. The average molecular weight is 441 g/mol. The molecule has 0 unspecified atom stereocenters. The van der Waals surface area contributed by atoms with E-state index in [1.54, 1.807) is 18.8 Å². The molecule has 9 nitrogen and oxygen atoms in total. The number of aromatic nitrogens is 4. The maximum Gasteiger partial charge on any atom is 0.267 e. The minimum absolute atomic E-state index is 0.0712. The summed E-state index contributed by atoms with van der Waals surface area (Å²) < 4.78 is 29.8. The third-order valence-corrected chi connectivity index (χ3v) is 7.29. The molecule has 1 saturated carbocycles. The predicted molar refractivity (Wildman–Crippen MR) is 112 cm³/mol. The van der Waals surface area contributed by atoms with Gasteiger partial charge in [-0.2, -0.15) is 0 Å². The zero-order valence-electron chi connectivity index (χ0n) is 17.0. The highest BCUT2D eigenvalue weighted by Crippen LogP contribution is 2.33. The van der Waals surface area contributed by atoms with E-state index in [-0.39, 0.29) is 10.8 Å². The van der Waals surface area contributed by atoms with Gasteiger partial charge in [-0.15, -0.1) is 10.2 Å². The normalized spacial score (nSPS) is 15.1. The molecule has 0 aromatic carbocycles. The summed E-state index contributed by atoms with van der Waals surface area (Å²) in [7, 11) is -0.586. The highest BCUT2D eigenvalue weighted by molar-refractivity contribution is 7.98. The summed E-state index contributed by atoms with van der Waals surface area (Å²) in [5.41, 5.74) is 0.303. The second-order valence-electron chi connectivity index (χ2n) is 7.15. The van der Waals surface area contributed by atoms with Gasteiger partial charge in [-0.1, -0.05) is 24.6 Å². The van der Waals surface area contributed by atoms with Gasteiger partial charge >= 0.3 is 0 Å². The molecule has 160 valence electrons. The van der Waals surface area contributed by atoms with Crippen molar-refractivity contribution in [3.05, 3.63) is 23.8 Å². The van der Waals surface area contributed by atoms with Crippen molar-refractivity contribution in [2.24, 2.45) is 7.05 Å². The third kappa shape index (κ3) is 4.84. The molecule has 0 spiro atoms. The number of hydrogen-bond donors (Lipinski definition) is 2. The Hall–Kier alpha value is -1.85. The SMILES string of the molecule is CNS(=O)(=O)c1cc(C(=O)NCCCc2nnc(SC)n2C2CCCC2)n(C)c1. The predicted octanol–water partition coefficient (Wildman–Crippen LogP) is 1.72. The fourth-order valence-corrected chi connectivity index (χ4v) is 5.08. The standard InChI is InChI=1S/C18H28N6O3S2/c1-19-29(26,27)14-11-15(23(2)12-14)17(25)20-10-6-9-16-21-22-18(28-3)24(16)13-7-4-5-8-13/h11-13,19H,4-10H2,1-3H3,(H,20,25). The van der Waals surface area contributed by atoms with Crippen LogP contribution in [0.4, 0.5) is 0 Å². The largest absolute Gasteiger partial charge is 0.351 e. The number of nitrogens with one attached hydrogen (secondary N) is 2. The van der Waals surface area contributed by atoms with Crippen LogP contribution in [0, 0.1) is 0 Å². The molecule has 1 amide bonds. The quantitative estimate of drug-likeness (QED) is 0.454. The number of sulfonamides is 1. The first kappa shape index (κ1) is 21.8. The van der Waals surface area contributed by atoms with Crippen molar-refractivity contribution in [1.29, 1.82) is 0 Å². The number of amides is 1. The third-order valence-electron chi connectivity index (χ3n) is 5.26. The molecule has 1 fully saturated rings. The lowest BCUT2D eigenvalue weighted by Gasteiger charge is -2.16. The Labute approximate surface area is 175 Å². The van der Waals surface area contributed by atoms with Crippen LogP contribution in [-0.4, -0.2) is 53.5 Å². The van der Waals surface area contributed by atoms with Crippen molar-refractivity contribution >= 4 is 27.7 Å². The Kier molecular flexibility index (Phi) is 7.01. The van der Waals surface area contributed by atoms with E-state index in [0.29, 0.717) is 18.3 Å². The molecule has 1 aliphatic carbocycles. The van der Waals surface area contributed by atoms with E-state index in [1.807, 2.05) is 6.26 Å². The second kappa shape index (κ2) is 9.31. The molecular formula is C18H28N6O3S2. The van der Waals surface area contributed by atoms with Crippen LogP contribution in [0.2, 0.25) is 0 Å². The lowest BCUT2D eigenvalue weighted by molar-refractivity contribution is 0.0945. The lowest BCUT2D eigenvalue weighted by Crippen LogP contribution is -2.26. The van der Waals surface area contributed by atoms with Gasteiger partial charge in [-0.05, 0) is 38.6 Å². The number of thioether (sulfide) groups is 1. The summed E-state index contributed by atoms with van der Waals surface area (Å²) >= 11 is 1.61. The van der Waals surface area contributed by atoms with Gasteiger partial charge in [0.25, 0.3) is 5.91 Å². The van der Waals surface area contributed by atoms with E-state index in [4.69, 9.17) is 0 Å². The Balaban J connectivity index is 1.58. The molecule has 2 aromatic rings. The minimum atomic E-state index is -3.58. The van der Waals surface area contributed by atoms with E-state index in [1.165, 1.54) is 49.6 Å². The number of carbonyl (C=O) groups is 1. The molecule has 2 aromatic heterocycles. The zero-order chi connectivity index (χ0) is 21.0. The van der Waals surface area contributed by atoms with Crippen LogP contribution in [0.25, 0.3) is 0 Å². The van der Waals surface area contributed by atoms with E-state index in [2.05, 4.69) is 24.8 Å². The fraction of sp³-hybridized carbons (Fsp3) is 0.611. The summed E-state index contributed by atoms with van der Waals surface area (Å²) in [6.45, 7) is 0.476. The van der Waals surface area contributed by atoms with Crippen molar-refractivity contribution in [1.82, 2.24) is 29.4 Å².